The molecule has 1 saturated heterocycles. The maximum absolute atomic E-state index is 5.88. The molecule has 0 aliphatic carbocycles. The Balaban J connectivity index is 2.23. The van der Waals surface area contributed by atoms with Crippen LogP contribution in [0.1, 0.15) is 38.3 Å². The average Bonchev–Trinajstić information content (AvgIpc) is 2.54. The summed E-state index contributed by atoms with van der Waals surface area (Å²) in [6.07, 6.45) is 2.45. The van der Waals surface area contributed by atoms with Crippen molar-refractivity contribution in [2.45, 2.75) is 38.8 Å². The van der Waals surface area contributed by atoms with Crippen LogP contribution in [-0.2, 0) is 0 Å². The lowest BCUT2D eigenvalue weighted by Crippen LogP contribution is -2.45. The lowest BCUT2D eigenvalue weighted by atomic mass is 9.91. The van der Waals surface area contributed by atoms with Crippen LogP contribution >= 0.6 is 0 Å². The highest BCUT2D eigenvalue weighted by atomic mass is 16.5. The Morgan fingerprint density at radius 3 is 2.67 bits per heavy atom. The van der Waals surface area contributed by atoms with Crippen molar-refractivity contribution in [2.24, 2.45) is 11.7 Å². The minimum Gasteiger partial charge on any atom is -0.497 e. The molecule has 0 radical (unpaired) electrons. The third-order valence-corrected chi connectivity index (χ3v) is 4.75. The van der Waals surface area contributed by atoms with Gasteiger partial charge in [-0.2, -0.15) is 0 Å². The first-order valence-electron chi connectivity index (χ1n) is 7.78. The minimum absolute atomic E-state index is 0.315. The summed E-state index contributed by atoms with van der Waals surface area (Å²) in [5, 5.41) is 0. The Morgan fingerprint density at radius 1 is 1.29 bits per heavy atom. The Kier molecular flexibility index (Phi) is 5.48. The van der Waals surface area contributed by atoms with Gasteiger partial charge in [0.05, 0.1) is 14.2 Å². The van der Waals surface area contributed by atoms with Gasteiger partial charge in [-0.1, -0.05) is 6.07 Å². The molecule has 1 aromatic carbocycles. The predicted octanol–water partition coefficient (Wildman–Crippen LogP) is 2.82. The fourth-order valence-electron chi connectivity index (χ4n) is 3.29. The van der Waals surface area contributed by atoms with Gasteiger partial charge in [-0.25, -0.2) is 0 Å². The number of hydrogen-bond acceptors (Lipinski definition) is 4. The van der Waals surface area contributed by atoms with Gasteiger partial charge < -0.3 is 15.2 Å². The zero-order valence-electron chi connectivity index (χ0n) is 13.6. The number of rotatable bonds is 5. The number of hydrogen-bond donors (Lipinski definition) is 1. The molecule has 4 nitrogen and oxygen atoms in total. The van der Waals surface area contributed by atoms with Crippen molar-refractivity contribution in [3.63, 3.8) is 0 Å². The summed E-state index contributed by atoms with van der Waals surface area (Å²) >= 11 is 0. The second-order valence-electron chi connectivity index (χ2n) is 6.01. The third kappa shape index (κ3) is 3.50. The molecule has 1 fully saturated rings. The molecule has 0 bridgehead atoms. The van der Waals surface area contributed by atoms with Gasteiger partial charge in [0, 0.05) is 30.3 Å². The first-order chi connectivity index (χ1) is 10.1. The fourth-order valence-corrected chi connectivity index (χ4v) is 3.29. The van der Waals surface area contributed by atoms with Crippen molar-refractivity contribution < 1.29 is 9.47 Å². The first-order valence-corrected chi connectivity index (χ1v) is 7.78. The summed E-state index contributed by atoms with van der Waals surface area (Å²) < 4.78 is 10.8. The summed E-state index contributed by atoms with van der Waals surface area (Å²) in [5.41, 5.74) is 7.09. The van der Waals surface area contributed by atoms with Gasteiger partial charge in [0.15, 0.2) is 0 Å². The van der Waals surface area contributed by atoms with E-state index in [-0.39, 0.29) is 0 Å². The largest absolute Gasteiger partial charge is 0.497 e. The van der Waals surface area contributed by atoms with Gasteiger partial charge >= 0.3 is 0 Å². The van der Waals surface area contributed by atoms with Crippen molar-refractivity contribution in [1.82, 2.24) is 4.90 Å². The quantitative estimate of drug-likeness (QED) is 0.906. The molecule has 3 atom stereocenters. The SMILES string of the molecule is COc1ccc(C(C)N2CC(CN)CCC2C)c(OC)c1. The highest BCUT2D eigenvalue weighted by Gasteiger charge is 2.30. The van der Waals surface area contributed by atoms with Crippen LogP contribution < -0.4 is 15.2 Å². The van der Waals surface area contributed by atoms with Crippen molar-refractivity contribution in [2.75, 3.05) is 27.3 Å². The Hall–Kier alpha value is -1.26. The molecule has 4 heteroatoms. The van der Waals surface area contributed by atoms with Crippen molar-refractivity contribution in [3.8, 4) is 11.5 Å². The number of nitrogens with zero attached hydrogens (tertiary/aromatic N) is 1. The van der Waals surface area contributed by atoms with Crippen LogP contribution in [0.15, 0.2) is 18.2 Å². The van der Waals surface area contributed by atoms with Gasteiger partial charge in [0.2, 0.25) is 0 Å². The Morgan fingerprint density at radius 2 is 2.05 bits per heavy atom. The number of benzene rings is 1. The second-order valence-corrected chi connectivity index (χ2v) is 6.01. The Bertz CT molecular complexity index is 464. The molecule has 118 valence electrons. The van der Waals surface area contributed by atoms with Crippen molar-refractivity contribution in [1.29, 1.82) is 0 Å². The normalized spacial score (nSPS) is 24.6. The van der Waals surface area contributed by atoms with E-state index in [4.69, 9.17) is 15.2 Å². The van der Waals surface area contributed by atoms with Crippen LogP contribution in [-0.4, -0.2) is 38.3 Å². The maximum atomic E-state index is 5.88. The molecule has 0 saturated carbocycles. The van der Waals surface area contributed by atoms with Gasteiger partial charge in [-0.15, -0.1) is 0 Å². The van der Waals surface area contributed by atoms with E-state index in [1.54, 1.807) is 14.2 Å². The zero-order valence-corrected chi connectivity index (χ0v) is 13.6. The molecule has 1 heterocycles. The maximum Gasteiger partial charge on any atom is 0.127 e. The van der Waals surface area contributed by atoms with Crippen LogP contribution in [0.4, 0.5) is 0 Å². The van der Waals surface area contributed by atoms with E-state index in [2.05, 4.69) is 24.8 Å². The van der Waals surface area contributed by atoms with Gasteiger partial charge in [0.1, 0.15) is 11.5 Å². The molecule has 1 aliphatic heterocycles. The summed E-state index contributed by atoms with van der Waals surface area (Å²) in [6, 6.07) is 6.97. The summed E-state index contributed by atoms with van der Waals surface area (Å²) in [6.45, 7) is 6.39. The fraction of sp³-hybridized carbons (Fsp3) is 0.647. The van der Waals surface area contributed by atoms with E-state index < -0.39 is 0 Å². The Labute approximate surface area is 128 Å². The topological polar surface area (TPSA) is 47.7 Å². The molecule has 21 heavy (non-hydrogen) atoms. The lowest BCUT2D eigenvalue weighted by Gasteiger charge is -2.42. The number of likely N-dealkylation sites (tertiary alicyclic amines) is 1. The highest BCUT2D eigenvalue weighted by molar-refractivity contribution is 5.42. The monoisotopic (exact) mass is 292 g/mol. The van der Waals surface area contributed by atoms with Crippen LogP contribution in [0, 0.1) is 5.92 Å². The lowest BCUT2D eigenvalue weighted by molar-refractivity contribution is 0.0801. The van der Waals surface area contributed by atoms with Crippen LogP contribution in [0.25, 0.3) is 0 Å². The molecule has 0 spiro atoms. The molecular weight excluding hydrogens is 264 g/mol. The smallest absolute Gasteiger partial charge is 0.127 e. The van der Waals surface area contributed by atoms with E-state index in [0.717, 1.165) is 24.6 Å². The molecular formula is C17H28N2O2. The first kappa shape index (κ1) is 16.1. The minimum atomic E-state index is 0.315. The molecule has 0 aromatic heterocycles. The van der Waals surface area contributed by atoms with Gasteiger partial charge in [-0.3, -0.25) is 4.90 Å². The number of methoxy groups -OCH3 is 2. The van der Waals surface area contributed by atoms with Gasteiger partial charge in [-0.05, 0) is 45.2 Å². The number of ether oxygens (including phenoxy) is 2. The third-order valence-electron chi connectivity index (χ3n) is 4.75. The summed E-state index contributed by atoms with van der Waals surface area (Å²) in [4.78, 5) is 2.55. The summed E-state index contributed by atoms with van der Waals surface area (Å²) in [7, 11) is 3.39. The molecule has 2 N–H and O–H groups in total. The van der Waals surface area contributed by atoms with Crippen LogP contribution in [0.2, 0.25) is 0 Å². The van der Waals surface area contributed by atoms with Crippen LogP contribution in [0.3, 0.4) is 0 Å². The zero-order chi connectivity index (χ0) is 15.4. The van der Waals surface area contributed by atoms with E-state index in [1.807, 2.05) is 12.1 Å². The van der Waals surface area contributed by atoms with Crippen molar-refractivity contribution >= 4 is 0 Å². The van der Waals surface area contributed by atoms with Gasteiger partial charge in [0.25, 0.3) is 0 Å². The second kappa shape index (κ2) is 7.14. The van der Waals surface area contributed by atoms with Crippen LogP contribution in [0.5, 0.6) is 11.5 Å². The van der Waals surface area contributed by atoms with Crippen molar-refractivity contribution in [3.05, 3.63) is 23.8 Å². The van der Waals surface area contributed by atoms with E-state index in [1.165, 1.54) is 18.4 Å². The van der Waals surface area contributed by atoms with E-state index in [0.29, 0.717) is 18.0 Å². The molecule has 2 rings (SSSR count). The standard InChI is InChI=1S/C17H28N2O2/c1-12-5-6-14(10-18)11-19(12)13(2)16-8-7-15(20-3)9-17(16)21-4/h7-9,12-14H,5-6,10-11,18H2,1-4H3. The molecule has 0 amide bonds. The molecule has 1 aliphatic rings. The summed E-state index contributed by atoms with van der Waals surface area (Å²) in [5.74, 6) is 2.33. The predicted molar refractivity (Wildman–Crippen MR) is 85.9 cm³/mol. The van der Waals surface area contributed by atoms with E-state index in [9.17, 15) is 0 Å². The van der Waals surface area contributed by atoms with E-state index >= 15 is 0 Å². The average molecular weight is 292 g/mol. The highest BCUT2D eigenvalue weighted by Crippen LogP contribution is 2.36. The molecule has 3 unspecified atom stereocenters. The molecule has 1 aromatic rings. The number of piperidine rings is 1. The number of nitrogens with two attached hydrogens (primary N) is 1.